The predicted octanol–water partition coefficient (Wildman–Crippen LogP) is 3.57. The van der Waals surface area contributed by atoms with Gasteiger partial charge in [0.25, 0.3) is 5.91 Å². The van der Waals surface area contributed by atoms with Crippen LogP contribution in [0.4, 0.5) is 9.52 Å². The Morgan fingerprint density at radius 2 is 2.00 bits per heavy atom. The average Bonchev–Trinajstić information content (AvgIpc) is 2.97. The maximum atomic E-state index is 13.5. The molecule has 0 bridgehead atoms. The van der Waals surface area contributed by atoms with Crippen molar-refractivity contribution in [3.63, 3.8) is 0 Å². The van der Waals surface area contributed by atoms with Crippen LogP contribution < -0.4 is 5.32 Å². The lowest BCUT2D eigenvalue weighted by Crippen LogP contribution is -2.14. The summed E-state index contributed by atoms with van der Waals surface area (Å²) in [5.41, 5.74) is 0.892. The number of anilines is 1. The number of rotatable bonds is 4. The molecule has 1 N–H and O–H groups in total. The highest BCUT2D eigenvalue weighted by Crippen LogP contribution is 2.20. The van der Waals surface area contributed by atoms with Gasteiger partial charge in [-0.05, 0) is 29.8 Å². The second kappa shape index (κ2) is 6.80. The van der Waals surface area contributed by atoms with Crippen molar-refractivity contribution in [3.05, 3.63) is 69.7 Å². The second-order valence-corrected chi connectivity index (χ2v) is 6.10. The van der Waals surface area contributed by atoms with Gasteiger partial charge in [-0.1, -0.05) is 35.1 Å². The van der Waals surface area contributed by atoms with Gasteiger partial charge in [0.2, 0.25) is 11.1 Å². The van der Waals surface area contributed by atoms with Crippen molar-refractivity contribution in [2.75, 3.05) is 5.32 Å². The number of nitrogens with one attached hydrogen (secondary N) is 1. The molecule has 0 aliphatic carbocycles. The normalized spacial score (nSPS) is 10.5. The number of nitrogens with zero attached hydrogens (tertiary/aromatic N) is 3. The van der Waals surface area contributed by atoms with E-state index in [0.29, 0.717) is 16.6 Å². The highest BCUT2D eigenvalue weighted by atomic mass is 35.5. The van der Waals surface area contributed by atoms with Crippen LogP contribution in [0.5, 0.6) is 0 Å². The molecule has 0 saturated carbocycles. The maximum Gasteiger partial charge on any atom is 0.262 e. The van der Waals surface area contributed by atoms with E-state index in [1.165, 1.54) is 29.7 Å². The van der Waals surface area contributed by atoms with E-state index in [9.17, 15) is 9.18 Å². The molecule has 0 atom stereocenters. The van der Waals surface area contributed by atoms with Crippen molar-refractivity contribution >= 4 is 34.0 Å². The third-order valence-electron chi connectivity index (χ3n) is 2.96. The number of carbonyl (C=O) groups is 1. The third-order valence-corrected chi connectivity index (χ3v) is 4.05. The minimum Gasteiger partial charge on any atom is -0.296 e. The topological polar surface area (TPSA) is 67.8 Å². The minimum atomic E-state index is -0.823. The first-order chi connectivity index (χ1) is 11.1. The van der Waals surface area contributed by atoms with Crippen molar-refractivity contribution in [2.24, 2.45) is 0 Å². The third kappa shape index (κ3) is 3.88. The molecule has 1 aromatic carbocycles. The summed E-state index contributed by atoms with van der Waals surface area (Å²) in [6, 6.07) is 10.2. The van der Waals surface area contributed by atoms with Crippen LogP contribution in [0.15, 0.2) is 42.6 Å². The minimum absolute atomic E-state index is 0.137. The average molecular weight is 349 g/mol. The van der Waals surface area contributed by atoms with Gasteiger partial charge in [-0.25, -0.2) is 4.98 Å². The molecule has 2 aromatic heterocycles. The monoisotopic (exact) mass is 348 g/mol. The Morgan fingerprint density at radius 1 is 1.22 bits per heavy atom. The van der Waals surface area contributed by atoms with Crippen molar-refractivity contribution in [3.8, 4) is 0 Å². The quantitative estimate of drug-likeness (QED) is 0.732. The van der Waals surface area contributed by atoms with Gasteiger partial charge < -0.3 is 0 Å². The Bertz CT molecular complexity index is 838. The Labute approximate surface area is 140 Å². The van der Waals surface area contributed by atoms with Crippen LogP contribution in [0.25, 0.3) is 0 Å². The van der Waals surface area contributed by atoms with Crippen LogP contribution >= 0.6 is 22.9 Å². The van der Waals surface area contributed by atoms with Gasteiger partial charge >= 0.3 is 0 Å². The van der Waals surface area contributed by atoms with Crippen LogP contribution in [0, 0.1) is 5.95 Å². The molecule has 1 amide bonds. The van der Waals surface area contributed by atoms with Gasteiger partial charge in [-0.3, -0.25) is 10.1 Å². The second-order valence-electron chi connectivity index (χ2n) is 4.60. The summed E-state index contributed by atoms with van der Waals surface area (Å²) in [7, 11) is 0. The summed E-state index contributed by atoms with van der Waals surface area (Å²) < 4.78 is 13.5. The summed E-state index contributed by atoms with van der Waals surface area (Å²) in [5.74, 6) is -1.43. The molecular formula is C15H10ClFN4OS. The van der Waals surface area contributed by atoms with E-state index < -0.39 is 11.9 Å². The smallest absolute Gasteiger partial charge is 0.262 e. The fourth-order valence-electron chi connectivity index (χ4n) is 1.87. The fourth-order valence-corrected chi connectivity index (χ4v) is 2.77. The zero-order valence-corrected chi connectivity index (χ0v) is 13.2. The standard InChI is InChI=1S/C15H10ClFN4OS/c16-10-5-3-9(4-6-10)8-12-20-21-15(23-12)19-14(22)11-2-1-7-18-13(11)17/h1-7H,8H2,(H,19,21,22). The zero-order valence-electron chi connectivity index (χ0n) is 11.7. The zero-order chi connectivity index (χ0) is 16.2. The molecule has 0 aliphatic rings. The lowest BCUT2D eigenvalue weighted by Gasteiger charge is -2.01. The predicted molar refractivity (Wildman–Crippen MR) is 86.3 cm³/mol. The van der Waals surface area contributed by atoms with Gasteiger partial charge in [-0.2, -0.15) is 4.39 Å². The van der Waals surface area contributed by atoms with E-state index >= 15 is 0 Å². The van der Waals surface area contributed by atoms with Gasteiger partial charge in [0, 0.05) is 17.6 Å². The van der Waals surface area contributed by atoms with E-state index in [4.69, 9.17) is 11.6 Å². The number of carbonyl (C=O) groups excluding carboxylic acids is 1. The van der Waals surface area contributed by atoms with Crippen molar-refractivity contribution in [1.29, 1.82) is 0 Å². The van der Waals surface area contributed by atoms with Gasteiger partial charge in [-0.15, -0.1) is 10.2 Å². The van der Waals surface area contributed by atoms with Crippen LogP contribution in [0.1, 0.15) is 20.9 Å². The largest absolute Gasteiger partial charge is 0.296 e. The lowest BCUT2D eigenvalue weighted by atomic mass is 10.2. The number of pyridine rings is 1. The van der Waals surface area contributed by atoms with Gasteiger partial charge in [0.15, 0.2) is 0 Å². The molecular weight excluding hydrogens is 339 g/mol. The van der Waals surface area contributed by atoms with Crippen LogP contribution in [0.2, 0.25) is 5.02 Å². The first-order valence-electron chi connectivity index (χ1n) is 6.60. The number of benzene rings is 1. The lowest BCUT2D eigenvalue weighted by molar-refractivity contribution is 0.102. The molecule has 8 heteroatoms. The molecule has 0 saturated heterocycles. The van der Waals surface area contributed by atoms with Crippen molar-refractivity contribution in [1.82, 2.24) is 15.2 Å². The Balaban J connectivity index is 1.69. The fraction of sp³-hybridized carbons (Fsp3) is 0.0667. The van der Waals surface area contributed by atoms with Gasteiger partial charge in [0.05, 0.1) is 5.56 Å². The SMILES string of the molecule is O=C(Nc1nnc(Cc2ccc(Cl)cc2)s1)c1cccnc1F. The summed E-state index contributed by atoms with van der Waals surface area (Å²) in [5, 5.41) is 12.1. The summed E-state index contributed by atoms with van der Waals surface area (Å²) in [4.78, 5) is 15.4. The molecule has 3 rings (SSSR count). The molecule has 116 valence electrons. The molecule has 0 spiro atoms. The number of hydrogen-bond donors (Lipinski definition) is 1. The molecule has 0 unspecified atom stereocenters. The molecule has 0 fully saturated rings. The molecule has 0 radical (unpaired) electrons. The number of hydrogen-bond acceptors (Lipinski definition) is 5. The Hall–Kier alpha value is -2.38. The van der Waals surface area contributed by atoms with E-state index in [-0.39, 0.29) is 5.56 Å². The molecule has 2 heterocycles. The summed E-state index contributed by atoms with van der Waals surface area (Å²) in [6.45, 7) is 0. The summed E-state index contributed by atoms with van der Waals surface area (Å²) in [6.07, 6.45) is 1.85. The van der Waals surface area contributed by atoms with Crippen LogP contribution in [0.3, 0.4) is 0 Å². The highest BCUT2D eigenvalue weighted by molar-refractivity contribution is 7.15. The van der Waals surface area contributed by atoms with Crippen molar-refractivity contribution < 1.29 is 9.18 Å². The molecule has 3 aromatic rings. The van der Waals surface area contributed by atoms with Crippen LogP contribution in [-0.4, -0.2) is 21.1 Å². The first kappa shape index (κ1) is 15.5. The molecule has 0 aliphatic heterocycles. The summed E-state index contributed by atoms with van der Waals surface area (Å²) >= 11 is 7.07. The number of aromatic nitrogens is 3. The maximum absolute atomic E-state index is 13.5. The van der Waals surface area contributed by atoms with Crippen molar-refractivity contribution in [2.45, 2.75) is 6.42 Å². The number of amides is 1. The molecule has 5 nitrogen and oxygen atoms in total. The number of halogens is 2. The highest BCUT2D eigenvalue weighted by Gasteiger charge is 2.14. The van der Waals surface area contributed by atoms with E-state index in [0.717, 1.165) is 10.6 Å². The van der Waals surface area contributed by atoms with E-state index in [1.54, 1.807) is 12.1 Å². The molecule has 23 heavy (non-hydrogen) atoms. The van der Waals surface area contributed by atoms with Crippen LogP contribution in [-0.2, 0) is 6.42 Å². The first-order valence-corrected chi connectivity index (χ1v) is 7.80. The Kier molecular flexibility index (Phi) is 4.59. The van der Waals surface area contributed by atoms with E-state index in [1.807, 2.05) is 12.1 Å². The van der Waals surface area contributed by atoms with E-state index in [2.05, 4.69) is 20.5 Å². The van der Waals surface area contributed by atoms with Gasteiger partial charge in [0.1, 0.15) is 5.01 Å². The Morgan fingerprint density at radius 3 is 2.74 bits per heavy atom.